The Hall–Kier alpha value is -1.69. The average molecular weight is 268 g/mol. The number of anilines is 1. The third kappa shape index (κ3) is 3.01. The second-order valence-corrected chi connectivity index (χ2v) is 4.91. The van der Waals surface area contributed by atoms with Gasteiger partial charge in [-0.05, 0) is 18.4 Å². The van der Waals surface area contributed by atoms with Crippen molar-refractivity contribution in [2.75, 3.05) is 25.1 Å². The number of rotatable bonds is 3. The molecule has 1 fully saturated rings. The fourth-order valence-corrected chi connectivity index (χ4v) is 2.42. The van der Waals surface area contributed by atoms with E-state index >= 15 is 0 Å². The quantitative estimate of drug-likeness (QED) is 0.624. The largest absolute Gasteiger partial charge is 0.379 e. The third-order valence-electron chi connectivity index (χ3n) is 3.64. The molecule has 1 saturated heterocycles. The summed E-state index contributed by atoms with van der Waals surface area (Å²) in [5.74, 6) is -0.151. The number of methoxy groups -OCH3 is 1. The SMILES string of the molecule is COC1CN(c2cc(F)cc([N+](=O)[O-])c2)CCC1C. The van der Waals surface area contributed by atoms with Gasteiger partial charge in [-0.15, -0.1) is 0 Å². The lowest BCUT2D eigenvalue weighted by Crippen LogP contribution is -2.44. The molecule has 0 radical (unpaired) electrons. The average Bonchev–Trinajstić information content (AvgIpc) is 2.38. The first-order chi connectivity index (χ1) is 9.01. The predicted molar refractivity (Wildman–Crippen MR) is 69.8 cm³/mol. The van der Waals surface area contributed by atoms with Crippen LogP contribution < -0.4 is 4.90 Å². The normalized spacial score (nSPS) is 23.4. The molecule has 0 bridgehead atoms. The maximum atomic E-state index is 13.4. The minimum Gasteiger partial charge on any atom is -0.379 e. The zero-order chi connectivity index (χ0) is 14.0. The molecule has 1 heterocycles. The molecular weight excluding hydrogens is 251 g/mol. The molecule has 0 N–H and O–H groups in total. The summed E-state index contributed by atoms with van der Waals surface area (Å²) in [6, 6.07) is 3.67. The molecule has 19 heavy (non-hydrogen) atoms. The van der Waals surface area contributed by atoms with Crippen molar-refractivity contribution in [1.29, 1.82) is 0 Å². The van der Waals surface area contributed by atoms with E-state index in [4.69, 9.17) is 4.74 Å². The molecule has 5 nitrogen and oxygen atoms in total. The van der Waals surface area contributed by atoms with E-state index in [-0.39, 0.29) is 11.8 Å². The Bertz CT molecular complexity index is 481. The lowest BCUT2D eigenvalue weighted by molar-refractivity contribution is -0.385. The first-order valence-electron chi connectivity index (χ1n) is 6.24. The summed E-state index contributed by atoms with van der Waals surface area (Å²) < 4.78 is 18.8. The number of benzene rings is 1. The van der Waals surface area contributed by atoms with Gasteiger partial charge in [0.2, 0.25) is 0 Å². The van der Waals surface area contributed by atoms with Gasteiger partial charge in [-0.2, -0.15) is 0 Å². The highest BCUT2D eigenvalue weighted by Gasteiger charge is 2.27. The van der Waals surface area contributed by atoms with Crippen LogP contribution in [0.15, 0.2) is 18.2 Å². The van der Waals surface area contributed by atoms with Crippen molar-refractivity contribution in [3.05, 3.63) is 34.1 Å². The van der Waals surface area contributed by atoms with E-state index in [2.05, 4.69) is 6.92 Å². The lowest BCUT2D eigenvalue weighted by atomic mass is 9.95. The Morgan fingerprint density at radius 3 is 2.84 bits per heavy atom. The number of nitro groups is 1. The smallest absolute Gasteiger partial charge is 0.274 e. The van der Waals surface area contributed by atoms with Gasteiger partial charge in [0, 0.05) is 32.0 Å². The van der Waals surface area contributed by atoms with Gasteiger partial charge in [0.1, 0.15) is 5.82 Å². The Morgan fingerprint density at radius 2 is 2.21 bits per heavy atom. The van der Waals surface area contributed by atoms with Crippen LogP contribution in [0.4, 0.5) is 15.8 Å². The van der Waals surface area contributed by atoms with Crippen molar-refractivity contribution in [1.82, 2.24) is 0 Å². The lowest BCUT2D eigenvalue weighted by Gasteiger charge is -2.37. The van der Waals surface area contributed by atoms with E-state index in [0.29, 0.717) is 18.2 Å². The van der Waals surface area contributed by atoms with Gasteiger partial charge in [0.25, 0.3) is 5.69 Å². The van der Waals surface area contributed by atoms with Crippen molar-refractivity contribution < 1.29 is 14.1 Å². The van der Waals surface area contributed by atoms with Crippen LogP contribution in [0.5, 0.6) is 0 Å². The summed E-state index contributed by atoms with van der Waals surface area (Å²) >= 11 is 0. The van der Waals surface area contributed by atoms with Crippen LogP contribution in [0, 0.1) is 21.8 Å². The maximum Gasteiger partial charge on any atom is 0.274 e. The number of halogens is 1. The van der Waals surface area contributed by atoms with E-state index in [1.807, 2.05) is 4.90 Å². The minimum atomic E-state index is -0.586. The molecule has 1 aliphatic rings. The van der Waals surface area contributed by atoms with Crippen LogP contribution in [-0.4, -0.2) is 31.2 Å². The van der Waals surface area contributed by atoms with Crippen LogP contribution in [0.25, 0.3) is 0 Å². The first kappa shape index (κ1) is 13.7. The Morgan fingerprint density at radius 1 is 1.47 bits per heavy atom. The molecule has 0 spiro atoms. The summed E-state index contributed by atoms with van der Waals surface area (Å²) in [7, 11) is 1.65. The zero-order valence-corrected chi connectivity index (χ0v) is 11.0. The van der Waals surface area contributed by atoms with E-state index < -0.39 is 10.7 Å². The van der Waals surface area contributed by atoms with E-state index in [1.54, 1.807) is 7.11 Å². The number of nitrogens with zero attached hydrogens (tertiary/aromatic N) is 2. The highest BCUT2D eigenvalue weighted by Crippen LogP contribution is 2.28. The first-order valence-corrected chi connectivity index (χ1v) is 6.24. The van der Waals surface area contributed by atoms with Crippen molar-refractivity contribution in [3.63, 3.8) is 0 Å². The summed E-state index contributed by atoms with van der Waals surface area (Å²) in [6.45, 7) is 3.49. The van der Waals surface area contributed by atoms with Crippen molar-refractivity contribution in [2.45, 2.75) is 19.4 Å². The monoisotopic (exact) mass is 268 g/mol. The molecule has 1 aromatic rings. The van der Waals surface area contributed by atoms with Crippen LogP contribution in [-0.2, 0) is 4.74 Å². The van der Waals surface area contributed by atoms with Gasteiger partial charge in [-0.25, -0.2) is 4.39 Å². The second-order valence-electron chi connectivity index (χ2n) is 4.91. The Kier molecular flexibility index (Phi) is 3.99. The Balaban J connectivity index is 2.24. The van der Waals surface area contributed by atoms with E-state index in [0.717, 1.165) is 19.0 Å². The summed E-state index contributed by atoms with van der Waals surface area (Å²) in [5, 5.41) is 10.8. The molecule has 6 heteroatoms. The number of hydrogen-bond donors (Lipinski definition) is 0. The highest BCUT2D eigenvalue weighted by molar-refractivity contribution is 5.54. The molecule has 0 aromatic heterocycles. The molecule has 2 unspecified atom stereocenters. The number of piperidine rings is 1. The molecule has 1 aromatic carbocycles. The van der Waals surface area contributed by atoms with Crippen molar-refractivity contribution >= 4 is 11.4 Å². The predicted octanol–water partition coefficient (Wildman–Crippen LogP) is 2.60. The van der Waals surface area contributed by atoms with Gasteiger partial charge in [-0.3, -0.25) is 10.1 Å². The van der Waals surface area contributed by atoms with Gasteiger partial charge in [0.05, 0.1) is 17.1 Å². The molecular formula is C13H17FN2O3. The molecule has 1 aliphatic heterocycles. The van der Waals surface area contributed by atoms with Gasteiger partial charge >= 0.3 is 0 Å². The molecule has 0 amide bonds. The van der Waals surface area contributed by atoms with Crippen LogP contribution in [0.2, 0.25) is 0 Å². The summed E-state index contributed by atoms with van der Waals surface area (Å²) in [4.78, 5) is 12.1. The molecule has 104 valence electrons. The van der Waals surface area contributed by atoms with Crippen LogP contribution >= 0.6 is 0 Å². The molecule has 0 aliphatic carbocycles. The Labute approximate surface area is 111 Å². The summed E-state index contributed by atoms with van der Waals surface area (Å²) in [6.07, 6.45) is 0.985. The number of nitro benzene ring substituents is 1. The molecule has 2 atom stereocenters. The number of hydrogen-bond acceptors (Lipinski definition) is 4. The summed E-state index contributed by atoms with van der Waals surface area (Å²) in [5.41, 5.74) is 0.322. The fraction of sp³-hybridized carbons (Fsp3) is 0.538. The third-order valence-corrected chi connectivity index (χ3v) is 3.64. The number of ether oxygens (including phenoxy) is 1. The molecule has 0 saturated carbocycles. The van der Waals surface area contributed by atoms with Gasteiger partial charge in [0.15, 0.2) is 0 Å². The van der Waals surface area contributed by atoms with Gasteiger partial charge < -0.3 is 9.64 Å². The van der Waals surface area contributed by atoms with Crippen molar-refractivity contribution in [3.8, 4) is 0 Å². The van der Waals surface area contributed by atoms with Crippen LogP contribution in [0.1, 0.15) is 13.3 Å². The fourth-order valence-electron chi connectivity index (χ4n) is 2.42. The topological polar surface area (TPSA) is 55.6 Å². The minimum absolute atomic E-state index is 0.0658. The second kappa shape index (κ2) is 5.52. The van der Waals surface area contributed by atoms with E-state index in [1.165, 1.54) is 12.1 Å². The van der Waals surface area contributed by atoms with Gasteiger partial charge in [-0.1, -0.05) is 6.92 Å². The van der Waals surface area contributed by atoms with Crippen molar-refractivity contribution in [2.24, 2.45) is 5.92 Å². The highest BCUT2D eigenvalue weighted by atomic mass is 19.1. The number of non-ortho nitro benzene ring substituents is 1. The zero-order valence-electron chi connectivity index (χ0n) is 11.0. The van der Waals surface area contributed by atoms with Crippen LogP contribution in [0.3, 0.4) is 0 Å². The molecule has 2 rings (SSSR count). The standard InChI is InChI=1S/C13H17FN2O3/c1-9-3-4-15(8-13(9)19-2)11-5-10(14)6-12(7-11)16(17)18/h5-7,9,13H,3-4,8H2,1-2H3. The maximum absolute atomic E-state index is 13.4. The van der Waals surface area contributed by atoms with E-state index in [9.17, 15) is 14.5 Å².